The molecule has 124 valence electrons. The molecule has 1 aliphatic rings. The van der Waals surface area contributed by atoms with Crippen LogP contribution in [-0.2, 0) is 10.2 Å². The lowest BCUT2D eigenvalue weighted by Gasteiger charge is -2.38. The van der Waals surface area contributed by atoms with Crippen molar-refractivity contribution in [2.75, 3.05) is 56.0 Å². The molecule has 0 bridgehead atoms. The van der Waals surface area contributed by atoms with Crippen LogP contribution < -0.4 is 13.9 Å². The molecule has 1 aromatic carbocycles. The van der Waals surface area contributed by atoms with E-state index < -0.39 is 10.2 Å². The second kappa shape index (κ2) is 7.30. The maximum Gasteiger partial charge on any atom is 0.301 e. The lowest BCUT2D eigenvalue weighted by Crippen LogP contribution is -2.49. The minimum atomic E-state index is -3.47. The van der Waals surface area contributed by atoms with E-state index in [1.807, 2.05) is 45.3 Å². The van der Waals surface area contributed by atoms with E-state index in [-0.39, 0.29) is 0 Å². The van der Waals surface area contributed by atoms with Crippen LogP contribution in [-0.4, -0.2) is 60.1 Å². The van der Waals surface area contributed by atoms with E-state index >= 15 is 0 Å². The SMILES string of the molecule is CCCNS(=O)(=O)N1CCN(CCN(C)C)c2ccccc21. The molecule has 0 saturated carbocycles. The Morgan fingerprint density at radius 2 is 1.86 bits per heavy atom. The summed E-state index contributed by atoms with van der Waals surface area (Å²) in [5, 5.41) is 0. The Morgan fingerprint density at radius 3 is 2.50 bits per heavy atom. The Hall–Kier alpha value is -1.31. The average molecular weight is 326 g/mol. The van der Waals surface area contributed by atoms with Gasteiger partial charge in [-0.25, -0.2) is 0 Å². The zero-order chi connectivity index (χ0) is 16.2. The van der Waals surface area contributed by atoms with E-state index in [4.69, 9.17) is 0 Å². The van der Waals surface area contributed by atoms with Gasteiger partial charge < -0.3 is 9.80 Å². The average Bonchev–Trinajstić information content (AvgIpc) is 2.50. The first-order valence-electron chi connectivity index (χ1n) is 7.71. The van der Waals surface area contributed by atoms with Crippen molar-refractivity contribution in [2.24, 2.45) is 0 Å². The Bertz CT molecular complexity index is 589. The van der Waals surface area contributed by atoms with Gasteiger partial charge in [-0.2, -0.15) is 13.1 Å². The molecule has 7 heteroatoms. The smallest absolute Gasteiger partial charge is 0.301 e. The number of para-hydroxylation sites is 2. The van der Waals surface area contributed by atoms with Crippen molar-refractivity contribution < 1.29 is 8.42 Å². The Kier molecular flexibility index (Phi) is 5.66. The number of benzene rings is 1. The zero-order valence-electron chi connectivity index (χ0n) is 13.6. The molecular weight excluding hydrogens is 300 g/mol. The van der Waals surface area contributed by atoms with E-state index in [2.05, 4.69) is 14.5 Å². The highest BCUT2D eigenvalue weighted by Crippen LogP contribution is 2.33. The highest BCUT2D eigenvalue weighted by molar-refractivity contribution is 7.90. The van der Waals surface area contributed by atoms with Crippen LogP contribution in [0.5, 0.6) is 0 Å². The molecule has 22 heavy (non-hydrogen) atoms. The van der Waals surface area contributed by atoms with Crippen LogP contribution in [0, 0.1) is 0 Å². The van der Waals surface area contributed by atoms with Crippen molar-refractivity contribution in [3.63, 3.8) is 0 Å². The standard InChI is InChI=1S/C15H26N4O2S/c1-4-9-16-22(20,21)19-13-12-18(11-10-17(2)3)14-7-5-6-8-15(14)19/h5-8,16H,4,9-13H2,1-3H3. The van der Waals surface area contributed by atoms with Crippen molar-refractivity contribution >= 4 is 21.6 Å². The summed E-state index contributed by atoms with van der Waals surface area (Å²) in [5.41, 5.74) is 1.74. The molecule has 1 heterocycles. The third kappa shape index (κ3) is 3.91. The van der Waals surface area contributed by atoms with Gasteiger partial charge in [0.05, 0.1) is 17.9 Å². The maximum absolute atomic E-state index is 12.5. The van der Waals surface area contributed by atoms with Crippen LogP contribution in [0.3, 0.4) is 0 Å². The fraction of sp³-hybridized carbons (Fsp3) is 0.600. The van der Waals surface area contributed by atoms with Gasteiger partial charge in [0.25, 0.3) is 0 Å². The van der Waals surface area contributed by atoms with Crippen molar-refractivity contribution in [2.45, 2.75) is 13.3 Å². The van der Waals surface area contributed by atoms with Crippen molar-refractivity contribution in [3.05, 3.63) is 24.3 Å². The summed E-state index contributed by atoms with van der Waals surface area (Å²) < 4.78 is 29.1. The molecule has 6 nitrogen and oxygen atoms in total. The molecule has 0 spiro atoms. The van der Waals surface area contributed by atoms with E-state index in [0.29, 0.717) is 19.6 Å². The predicted molar refractivity (Wildman–Crippen MR) is 91.8 cm³/mol. The van der Waals surface area contributed by atoms with Gasteiger partial charge in [-0.1, -0.05) is 19.1 Å². The van der Waals surface area contributed by atoms with Crippen LogP contribution >= 0.6 is 0 Å². The van der Waals surface area contributed by atoms with E-state index in [9.17, 15) is 8.42 Å². The molecule has 0 aromatic heterocycles. The van der Waals surface area contributed by atoms with E-state index in [1.165, 1.54) is 4.31 Å². The maximum atomic E-state index is 12.5. The van der Waals surface area contributed by atoms with Gasteiger partial charge in [0.15, 0.2) is 0 Å². The highest BCUT2D eigenvalue weighted by Gasteiger charge is 2.29. The quantitative estimate of drug-likeness (QED) is 0.816. The molecule has 0 fully saturated rings. The van der Waals surface area contributed by atoms with Gasteiger partial charge in [-0.3, -0.25) is 4.31 Å². The topological polar surface area (TPSA) is 55.9 Å². The van der Waals surface area contributed by atoms with Gasteiger partial charge >= 0.3 is 10.2 Å². The third-order valence-electron chi connectivity index (χ3n) is 3.71. The fourth-order valence-corrected chi connectivity index (χ4v) is 3.86. The first kappa shape index (κ1) is 17.1. The number of likely N-dealkylation sites (N-methyl/N-ethyl adjacent to an activating group) is 1. The normalized spacial score (nSPS) is 15.3. The molecule has 1 aliphatic heterocycles. The van der Waals surface area contributed by atoms with Crippen molar-refractivity contribution in [1.82, 2.24) is 9.62 Å². The van der Waals surface area contributed by atoms with Crippen molar-refractivity contribution in [3.8, 4) is 0 Å². The minimum absolute atomic E-state index is 0.464. The second-order valence-electron chi connectivity index (χ2n) is 5.75. The first-order chi connectivity index (χ1) is 10.5. The lowest BCUT2D eigenvalue weighted by molar-refractivity contribution is 0.413. The monoisotopic (exact) mass is 326 g/mol. The summed E-state index contributed by atoms with van der Waals surface area (Å²) in [6, 6.07) is 7.71. The summed E-state index contributed by atoms with van der Waals surface area (Å²) in [4.78, 5) is 4.38. The van der Waals surface area contributed by atoms with Gasteiger partial charge in [-0.05, 0) is 32.6 Å². The first-order valence-corrected chi connectivity index (χ1v) is 9.15. The zero-order valence-corrected chi connectivity index (χ0v) is 14.4. The molecule has 1 N–H and O–H groups in total. The van der Waals surface area contributed by atoms with E-state index in [1.54, 1.807) is 0 Å². The molecular formula is C15H26N4O2S. The van der Waals surface area contributed by atoms with Crippen molar-refractivity contribution in [1.29, 1.82) is 0 Å². The number of nitrogens with one attached hydrogen (secondary N) is 1. The molecule has 0 amide bonds. The molecule has 0 saturated heterocycles. The largest absolute Gasteiger partial charge is 0.367 e. The number of fused-ring (bicyclic) bond motifs is 1. The summed E-state index contributed by atoms with van der Waals surface area (Å²) in [6.07, 6.45) is 0.781. The van der Waals surface area contributed by atoms with Crippen LogP contribution in [0.25, 0.3) is 0 Å². The molecule has 1 aromatic rings. The number of nitrogens with zero attached hydrogens (tertiary/aromatic N) is 3. The summed E-state index contributed by atoms with van der Waals surface area (Å²) in [5.74, 6) is 0. The molecule has 2 rings (SSSR count). The molecule has 0 radical (unpaired) electrons. The summed E-state index contributed by atoms with van der Waals surface area (Å²) in [7, 11) is 0.619. The van der Waals surface area contributed by atoms with Crippen LogP contribution in [0.2, 0.25) is 0 Å². The Labute approximate surface area is 133 Å². The van der Waals surface area contributed by atoms with Gasteiger partial charge in [0.1, 0.15) is 0 Å². The number of anilines is 2. The third-order valence-corrected chi connectivity index (χ3v) is 5.23. The molecule has 0 unspecified atom stereocenters. The molecule has 0 atom stereocenters. The Balaban J connectivity index is 2.24. The predicted octanol–water partition coefficient (Wildman–Crippen LogP) is 1.12. The van der Waals surface area contributed by atoms with Gasteiger partial charge in [-0.15, -0.1) is 0 Å². The van der Waals surface area contributed by atoms with Crippen LogP contribution in [0.1, 0.15) is 13.3 Å². The number of rotatable bonds is 7. The summed E-state index contributed by atoms with van der Waals surface area (Å²) >= 11 is 0. The minimum Gasteiger partial charge on any atom is -0.367 e. The van der Waals surface area contributed by atoms with E-state index in [0.717, 1.165) is 30.9 Å². The number of hydrogen-bond acceptors (Lipinski definition) is 4. The Morgan fingerprint density at radius 1 is 1.18 bits per heavy atom. The second-order valence-corrected chi connectivity index (χ2v) is 7.43. The van der Waals surface area contributed by atoms with Crippen LogP contribution in [0.15, 0.2) is 24.3 Å². The number of hydrogen-bond donors (Lipinski definition) is 1. The molecule has 0 aliphatic carbocycles. The van der Waals surface area contributed by atoms with Gasteiger partial charge in [0.2, 0.25) is 0 Å². The fourth-order valence-electron chi connectivity index (χ4n) is 2.51. The highest BCUT2D eigenvalue weighted by atomic mass is 32.2. The van der Waals surface area contributed by atoms with Gasteiger partial charge in [0, 0.05) is 26.2 Å². The van der Waals surface area contributed by atoms with Crippen LogP contribution in [0.4, 0.5) is 11.4 Å². The summed E-state index contributed by atoms with van der Waals surface area (Å²) in [6.45, 7) is 5.43. The lowest BCUT2D eigenvalue weighted by atomic mass is 10.2.